The van der Waals surface area contributed by atoms with E-state index in [1.807, 2.05) is 0 Å². The summed E-state index contributed by atoms with van der Waals surface area (Å²) in [6.45, 7) is 8.78. The molecule has 1 N–H and O–H groups in total. The van der Waals surface area contributed by atoms with Crippen LogP contribution >= 0.6 is 11.6 Å². The number of nitrogens with one attached hydrogen (secondary N) is 1. The van der Waals surface area contributed by atoms with E-state index in [4.69, 9.17) is 21.1 Å². The number of halogens is 1. The second-order valence-corrected chi connectivity index (χ2v) is 7.43. The molecule has 0 aromatic heterocycles. The van der Waals surface area contributed by atoms with Gasteiger partial charge in [0.25, 0.3) is 5.91 Å². The van der Waals surface area contributed by atoms with E-state index >= 15 is 0 Å². The van der Waals surface area contributed by atoms with Crippen molar-refractivity contribution in [1.82, 2.24) is 10.2 Å². The van der Waals surface area contributed by atoms with Crippen molar-refractivity contribution in [3.63, 3.8) is 0 Å². The van der Waals surface area contributed by atoms with Gasteiger partial charge in [-0.05, 0) is 37.0 Å². The monoisotopic (exact) mass is 382 g/mol. The van der Waals surface area contributed by atoms with E-state index in [0.717, 1.165) is 38.4 Å². The van der Waals surface area contributed by atoms with Crippen LogP contribution in [0.1, 0.15) is 43.5 Å². The van der Waals surface area contributed by atoms with E-state index < -0.39 is 0 Å². The van der Waals surface area contributed by atoms with Gasteiger partial charge in [0.05, 0.1) is 11.6 Å². The van der Waals surface area contributed by atoms with E-state index in [1.165, 1.54) is 6.42 Å². The molecule has 1 aliphatic heterocycles. The lowest BCUT2D eigenvalue weighted by Gasteiger charge is -2.33. The number of ether oxygens (including phenoxy) is 2. The molecule has 0 saturated carbocycles. The fraction of sp³-hybridized carbons (Fsp3) is 0.650. The second kappa shape index (κ2) is 10.8. The summed E-state index contributed by atoms with van der Waals surface area (Å²) < 4.78 is 11.0. The summed E-state index contributed by atoms with van der Waals surface area (Å²) in [6, 6.07) is 5.21. The normalized spacial score (nSPS) is 17.1. The van der Waals surface area contributed by atoms with Gasteiger partial charge in [0.15, 0.2) is 0 Å². The van der Waals surface area contributed by atoms with Gasteiger partial charge >= 0.3 is 0 Å². The highest BCUT2D eigenvalue weighted by molar-refractivity contribution is 6.32. The van der Waals surface area contributed by atoms with Gasteiger partial charge in [-0.15, -0.1) is 0 Å². The van der Waals surface area contributed by atoms with E-state index in [0.29, 0.717) is 29.5 Å². The molecule has 1 fully saturated rings. The number of carbonyl (C=O) groups excluding carboxylic acids is 1. The van der Waals surface area contributed by atoms with Crippen LogP contribution in [0.3, 0.4) is 0 Å². The lowest BCUT2D eigenvalue weighted by atomic mass is 10.0. The zero-order valence-electron chi connectivity index (χ0n) is 16.1. The molecule has 0 aliphatic carbocycles. The summed E-state index contributed by atoms with van der Waals surface area (Å²) in [4.78, 5) is 14.6. The summed E-state index contributed by atoms with van der Waals surface area (Å²) in [6.07, 6.45) is 3.41. The van der Waals surface area contributed by atoms with Crippen molar-refractivity contribution in [3.05, 3.63) is 28.8 Å². The molecule has 1 amide bonds. The second-order valence-electron chi connectivity index (χ2n) is 7.03. The number of carbonyl (C=O) groups is 1. The van der Waals surface area contributed by atoms with Crippen LogP contribution in [0.2, 0.25) is 5.02 Å². The maximum absolute atomic E-state index is 12.1. The molecule has 1 saturated heterocycles. The Hall–Kier alpha value is -1.30. The number of piperidine rings is 1. The van der Waals surface area contributed by atoms with Gasteiger partial charge in [-0.1, -0.05) is 31.9 Å². The Labute approximate surface area is 162 Å². The molecule has 26 heavy (non-hydrogen) atoms. The number of benzene rings is 1. The first-order valence-corrected chi connectivity index (χ1v) is 9.87. The van der Waals surface area contributed by atoms with Crippen molar-refractivity contribution in [3.8, 4) is 5.75 Å². The molecule has 5 nitrogen and oxygen atoms in total. The Balaban J connectivity index is 1.84. The maximum atomic E-state index is 12.1. The predicted molar refractivity (Wildman–Crippen MR) is 105 cm³/mol. The Kier molecular flexibility index (Phi) is 8.69. The van der Waals surface area contributed by atoms with Crippen LogP contribution in [0.15, 0.2) is 18.2 Å². The molecule has 0 spiro atoms. The summed E-state index contributed by atoms with van der Waals surface area (Å²) in [5.41, 5.74) is 0.529. The van der Waals surface area contributed by atoms with Gasteiger partial charge in [0, 0.05) is 38.9 Å². The molecule has 1 heterocycles. The molecule has 0 radical (unpaired) electrons. The van der Waals surface area contributed by atoms with Crippen LogP contribution in [0.25, 0.3) is 0 Å². The van der Waals surface area contributed by atoms with Crippen LogP contribution in [0, 0.1) is 5.92 Å². The molecule has 6 heteroatoms. The molecular weight excluding hydrogens is 352 g/mol. The SMILES string of the molecule is CC[C@H](C)CN1CCC(Oc2ccc(C(=O)NCCOC)cc2Cl)CC1. The molecule has 1 aromatic carbocycles. The van der Waals surface area contributed by atoms with Crippen molar-refractivity contribution in [2.75, 3.05) is 39.9 Å². The standard InChI is InChI=1S/C20H31ClN2O3/c1-4-15(2)14-23-10-7-17(8-11-23)26-19-6-5-16(13-18(19)21)20(24)22-9-12-25-3/h5-6,13,15,17H,4,7-12,14H2,1-3H3,(H,22,24)/t15-/m0/s1. The Morgan fingerprint density at radius 3 is 2.73 bits per heavy atom. The van der Waals surface area contributed by atoms with Crippen LogP contribution < -0.4 is 10.1 Å². The van der Waals surface area contributed by atoms with Crippen molar-refractivity contribution < 1.29 is 14.3 Å². The Morgan fingerprint density at radius 1 is 1.38 bits per heavy atom. The molecule has 1 aromatic rings. The lowest BCUT2D eigenvalue weighted by molar-refractivity contribution is 0.0920. The third-order valence-electron chi connectivity index (χ3n) is 4.88. The van der Waals surface area contributed by atoms with Crippen LogP contribution in [-0.4, -0.2) is 56.8 Å². The zero-order chi connectivity index (χ0) is 18.9. The third kappa shape index (κ3) is 6.45. The largest absolute Gasteiger partial charge is 0.489 e. The number of nitrogens with zero attached hydrogens (tertiary/aromatic N) is 1. The van der Waals surface area contributed by atoms with Gasteiger partial charge in [-0.2, -0.15) is 0 Å². The summed E-state index contributed by atoms with van der Waals surface area (Å²) >= 11 is 6.33. The van der Waals surface area contributed by atoms with Crippen LogP contribution in [0.5, 0.6) is 5.75 Å². The van der Waals surface area contributed by atoms with Gasteiger partial charge in [0.2, 0.25) is 0 Å². The fourth-order valence-electron chi connectivity index (χ4n) is 3.07. The summed E-state index contributed by atoms with van der Waals surface area (Å²) in [5, 5.41) is 3.26. The molecule has 0 bridgehead atoms. The van der Waals surface area contributed by atoms with E-state index in [-0.39, 0.29) is 12.0 Å². The topological polar surface area (TPSA) is 50.8 Å². The number of hydrogen-bond donors (Lipinski definition) is 1. The van der Waals surface area contributed by atoms with Crippen LogP contribution in [-0.2, 0) is 4.74 Å². The maximum Gasteiger partial charge on any atom is 0.251 e. The summed E-state index contributed by atoms with van der Waals surface area (Å²) in [7, 11) is 1.60. The first-order chi connectivity index (χ1) is 12.5. The predicted octanol–water partition coefficient (Wildman–Crippen LogP) is 3.61. The number of hydrogen-bond acceptors (Lipinski definition) is 4. The molecule has 1 atom stereocenters. The van der Waals surface area contributed by atoms with E-state index in [9.17, 15) is 4.79 Å². The first kappa shape index (κ1) is 21.0. The lowest BCUT2D eigenvalue weighted by Crippen LogP contribution is -2.40. The minimum Gasteiger partial charge on any atom is -0.489 e. The van der Waals surface area contributed by atoms with Crippen molar-refractivity contribution >= 4 is 17.5 Å². The minimum absolute atomic E-state index is 0.158. The van der Waals surface area contributed by atoms with Crippen molar-refractivity contribution in [2.45, 2.75) is 39.2 Å². The van der Waals surface area contributed by atoms with Gasteiger partial charge in [-0.3, -0.25) is 4.79 Å². The van der Waals surface area contributed by atoms with E-state index in [2.05, 4.69) is 24.1 Å². The van der Waals surface area contributed by atoms with Gasteiger partial charge in [-0.25, -0.2) is 0 Å². The quantitative estimate of drug-likeness (QED) is 0.663. The highest BCUT2D eigenvalue weighted by Gasteiger charge is 2.22. The molecule has 0 unspecified atom stereocenters. The highest BCUT2D eigenvalue weighted by Crippen LogP contribution is 2.28. The van der Waals surface area contributed by atoms with Gasteiger partial charge in [0.1, 0.15) is 11.9 Å². The molecular formula is C20H31ClN2O3. The smallest absolute Gasteiger partial charge is 0.251 e. The average molecular weight is 383 g/mol. The zero-order valence-corrected chi connectivity index (χ0v) is 16.8. The van der Waals surface area contributed by atoms with Crippen molar-refractivity contribution in [2.24, 2.45) is 5.92 Å². The van der Waals surface area contributed by atoms with E-state index in [1.54, 1.807) is 25.3 Å². The van der Waals surface area contributed by atoms with Gasteiger partial charge < -0.3 is 19.7 Å². The molecule has 146 valence electrons. The fourth-order valence-corrected chi connectivity index (χ4v) is 3.29. The number of amides is 1. The average Bonchev–Trinajstić information content (AvgIpc) is 2.64. The number of methoxy groups -OCH3 is 1. The summed E-state index contributed by atoms with van der Waals surface area (Å²) in [5.74, 6) is 1.24. The first-order valence-electron chi connectivity index (χ1n) is 9.49. The van der Waals surface area contributed by atoms with Crippen molar-refractivity contribution in [1.29, 1.82) is 0 Å². The third-order valence-corrected chi connectivity index (χ3v) is 5.18. The Bertz CT molecular complexity index is 574. The highest BCUT2D eigenvalue weighted by atomic mass is 35.5. The number of likely N-dealkylation sites (tertiary alicyclic amines) is 1. The molecule has 1 aliphatic rings. The Morgan fingerprint density at radius 2 is 2.12 bits per heavy atom. The molecule has 2 rings (SSSR count). The van der Waals surface area contributed by atoms with Crippen LogP contribution in [0.4, 0.5) is 0 Å². The number of rotatable bonds is 9. The minimum atomic E-state index is -0.158.